The van der Waals surface area contributed by atoms with Gasteiger partial charge in [0.15, 0.2) is 0 Å². The van der Waals surface area contributed by atoms with Crippen molar-refractivity contribution in [2.75, 3.05) is 19.0 Å². The lowest BCUT2D eigenvalue weighted by Gasteiger charge is -2.18. The van der Waals surface area contributed by atoms with Crippen LogP contribution in [0.4, 0.5) is 18.9 Å². The van der Waals surface area contributed by atoms with Crippen molar-refractivity contribution < 1.29 is 17.9 Å². The highest BCUT2D eigenvalue weighted by Gasteiger charge is 2.32. The SMILES string of the molecule is Cc1c(OC(F)(F)F)cccc1N(C)C. The van der Waals surface area contributed by atoms with Crippen LogP contribution >= 0.6 is 0 Å². The summed E-state index contributed by atoms with van der Waals surface area (Å²) >= 11 is 0. The largest absolute Gasteiger partial charge is 0.573 e. The average molecular weight is 219 g/mol. The maximum Gasteiger partial charge on any atom is 0.573 e. The highest BCUT2D eigenvalue weighted by atomic mass is 19.4. The summed E-state index contributed by atoms with van der Waals surface area (Å²) in [5.41, 5.74) is 1.18. The van der Waals surface area contributed by atoms with E-state index in [4.69, 9.17) is 0 Å². The van der Waals surface area contributed by atoms with E-state index < -0.39 is 6.36 Å². The second-order valence-electron chi connectivity index (χ2n) is 3.34. The van der Waals surface area contributed by atoms with Crippen molar-refractivity contribution in [3.8, 4) is 5.75 Å². The maximum atomic E-state index is 12.0. The number of ether oxygens (including phenoxy) is 1. The fraction of sp³-hybridized carbons (Fsp3) is 0.400. The fourth-order valence-corrected chi connectivity index (χ4v) is 1.32. The van der Waals surface area contributed by atoms with E-state index >= 15 is 0 Å². The van der Waals surface area contributed by atoms with Gasteiger partial charge in [0.25, 0.3) is 0 Å². The molecule has 0 saturated heterocycles. The van der Waals surface area contributed by atoms with E-state index in [1.165, 1.54) is 12.1 Å². The topological polar surface area (TPSA) is 12.5 Å². The van der Waals surface area contributed by atoms with Gasteiger partial charge in [0, 0.05) is 25.3 Å². The van der Waals surface area contributed by atoms with Gasteiger partial charge in [0.05, 0.1) is 0 Å². The molecule has 0 spiro atoms. The van der Waals surface area contributed by atoms with E-state index in [0.29, 0.717) is 11.3 Å². The van der Waals surface area contributed by atoms with Crippen molar-refractivity contribution in [1.82, 2.24) is 0 Å². The van der Waals surface area contributed by atoms with E-state index in [0.717, 1.165) is 0 Å². The summed E-state index contributed by atoms with van der Waals surface area (Å²) in [6.07, 6.45) is -4.64. The molecule has 0 fully saturated rings. The zero-order valence-electron chi connectivity index (χ0n) is 8.72. The van der Waals surface area contributed by atoms with E-state index in [2.05, 4.69) is 4.74 Å². The number of hydrogen-bond acceptors (Lipinski definition) is 2. The first kappa shape index (κ1) is 11.7. The molecule has 0 N–H and O–H groups in total. The van der Waals surface area contributed by atoms with Crippen LogP contribution in [0.15, 0.2) is 18.2 Å². The average Bonchev–Trinajstić information content (AvgIpc) is 2.05. The molecule has 0 aliphatic carbocycles. The lowest BCUT2D eigenvalue weighted by atomic mass is 10.1. The number of rotatable bonds is 2. The minimum absolute atomic E-state index is 0.159. The van der Waals surface area contributed by atoms with Gasteiger partial charge in [0.2, 0.25) is 0 Å². The summed E-state index contributed by atoms with van der Waals surface area (Å²) in [5.74, 6) is -0.159. The maximum absolute atomic E-state index is 12.0. The molecule has 1 rings (SSSR count). The van der Waals surface area contributed by atoms with Gasteiger partial charge in [-0.2, -0.15) is 0 Å². The zero-order chi connectivity index (χ0) is 11.6. The lowest BCUT2D eigenvalue weighted by Crippen LogP contribution is -2.18. The molecule has 0 saturated carbocycles. The Labute approximate surface area is 86.3 Å². The van der Waals surface area contributed by atoms with Crippen molar-refractivity contribution >= 4 is 5.69 Å². The Kier molecular flexibility index (Phi) is 3.12. The molecule has 84 valence electrons. The first-order valence-corrected chi connectivity index (χ1v) is 4.34. The van der Waals surface area contributed by atoms with Crippen LogP contribution in [-0.4, -0.2) is 20.5 Å². The number of nitrogens with zero attached hydrogens (tertiary/aromatic N) is 1. The summed E-state index contributed by atoms with van der Waals surface area (Å²) in [7, 11) is 3.53. The highest BCUT2D eigenvalue weighted by molar-refractivity contribution is 5.57. The van der Waals surface area contributed by atoms with Crippen molar-refractivity contribution in [2.45, 2.75) is 13.3 Å². The summed E-state index contributed by atoms with van der Waals surface area (Å²) in [6.45, 7) is 1.59. The van der Waals surface area contributed by atoms with Gasteiger partial charge < -0.3 is 9.64 Å². The van der Waals surface area contributed by atoms with Gasteiger partial charge in [-0.3, -0.25) is 0 Å². The molecule has 0 aliphatic heterocycles. The number of hydrogen-bond donors (Lipinski definition) is 0. The first-order chi connectivity index (χ1) is 6.81. The van der Waals surface area contributed by atoms with Crippen molar-refractivity contribution in [3.05, 3.63) is 23.8 Å². The minimum Gasteiger partial charge on any atom is -0.405 e. The van der Waals surface area contributed by atoms with Gasteiger partial charge in [-0.05, 0) is 19.1 Å². The number of benzene rings is 1. The van der Waals surface area contributed by atoms with Crippen molar-refractivity contribution in [2.24, 2.45) is 0 Å². The molecule has 0 heterocycles. The van der Waals surface area contributed by atoms with E-state index in [1.54, 1.807) is 32.0 Å². The summed E-state index contributed by atoms with van der Waals surface area (Å²) in [4.78, 5) is 1.73. The predicted octanol–water partition coefficient (Wildman–Crippen LogP) is 2.96. The van der Waals surface area contributed by atoms with Gasteiger partial charge in [-0.1, -0.05) is 6.07 Å². The molecule has 1 aromatic carbocycles. The highest BCUT2D eigenvalue weighted by Crippen LogP contribution is 2.31. The van der Waals surface area contributed by atoms with E-state index in [1.807, 2.05) is 0 Å². The van der Waals surface area contributed by atoms with Crippen LogP contribution in [0.1, 0.15) is 5.56 Å². The third-order valence-corrected chi connectivity index (χ3v) is 1.96. The third kappa shape index (κ3) is 3.04. The van der Waals surface area contributed by atoms with Crippen LogP contribution in [0.2, 0.25) is 0 Å². The second kappa shape index (κ2) is 4.00. The molecule has 0 amide bonds. The molecule has 0 aliphatic rings. The molecular weight excluding hydrogens is 207 g/mol. The zero-order valence-corrected chi connectivity index (χ0v) is 8.72. The molecule has 0 bridgehead atoms. The van der Waals surface area contributed by atoms with Crippen molar-refractivity contribution in [1.29, 1.82) is 0 Å². The molecule has 0 radical (unpaired) electrons. The van der Waals surface area contributed by atoms with Crippen LogP contribution in [0.25, 0.3) is 0 Å². The normalized spacial score (nSPS) is 11.3. The van der Waals surface area contributed by atoms with Gasteiger partial charge in [-0.25, -0.2) is 0 Å². The van der Waals surface area contributed by atoms with Crippen LogP contribution in [-0.2, 0) is 0 Å². The Bertz CT molecular complexity index is 347. The van der Waals surface area contributed by atoms with Gasteiger partial charge in [0.1, 0.15) is 5.75 Å². The number of alkyl halides is 3. The van der Waals surface area contributed by atoms with Crippen LogP contribution < -0.4 is 9.64 Å². The number of anilines is 1. The summed E-state index contributed by atoms with van der Waals surface area (Å²) < 4.78 is 40.0. The molecule has 0 aromatic heterocycles. The standard InChI is InChI=1S/C10H12F3NO/c1-7-8(14(2)3)5-4-6-9(7)15-10(11,12)13/h4-6H,1-3H3. The molecular formula is C10H12F3NO. The molecule has 15 heavy (non-hydrogen) atoms. The summed E-state index contributed by atoms with van der Waals surface area (Å²) in [6, 6.07) is 4.57. The monoisotopic (exact) mass is 219 g/mol. The minimum atomic E-state index is -4.64. The van der Waals surface area contributed by atoms with Crippen molar-refractivity contribution in [3.63, 3.8) is 0 Å². The first-order valence-electron chi connectivity index (χ1n) is 4.34. The second-order valence-corrected chi connectivity index (χ2v) is 3.34. The molecule has 0 atom stereocenters. The molecule has 1 aromatic rings. The quantitative estimate of drug-likeness (QED) is 0.758. The van der Waals surface area contributed by atoms with Gasteiger partial charge >= 0.3 is 6.36 Å². The Morgan fingerprint density at radius 1 is 1.20 bits per heavy atom. The molecule has 2 nitrogen and oxygen atoms in total. The van der Waals surface area contributed by atoms with E-state index in [9.17, 15) is 13.2 Å². The Morgan fingerprint density at radius 2 is 1.80 bits per heavy atom. The Balaban J connectivity index is 3.05. The Hall–Kier alpha value is -1.39. The fourth-order valence-electron chi connectivity index (χ4n) is 1.32. The molecule has 5 heteroatoms. The Morgan fingerprint density at radius 3 is 2.27 bits per heavy atom. The van der Waals surface area contributed by atoms with Crippen LogP contribution in [0.3, 0.4) is 0 Å². The van der Waals surface area contributed by atoms with Crippen LogP contribution in [0, 0.1) is 6.92 Å². The smallest absolute Gasteiger partial charge is 0.405 e. The summed E-state index contributed by atoms with van der Waals surface area (Å²) in [5, 5.41) is 0. The number of halogens is 3. The lowest BCUT2D eigenvalue weighted by molar-refractivity contribution is -0.274. The third-order valence-electron chi connectivity index (χ3n) is 1.96. The van der Waals surface area contributed by atoms with E-state index in [-0.39, 0.29) is 5.75 Å². The predicted molar refractivity (Wildman–Crippen MR) is 52.2 cm³/mol. The molecule has 0 unspecified atom stereocenters. The van der Waals surface area contributed by atoms with Crippen LogP contribution in [0.5, 0.6) is 5.75 Å². The van der Waals surface area contributed by atoms with Gasteiger partial charge in [-0.15, -0.1) is 13.2 Å².